The molecule has 2 aromatic rings. The van der Waals surface area contributed by atoms with E-state index in [0.717, 1.165) is 36.6 Å². The van der Waals surface area contributed by atoms with E-state index in [1.54, 1.807) is 10.7 Å². The molecule has 0 unspecified atom stereocenters. The van der Waals surface area contributed by atoms with Crippen molar-refractivity contribution in [3.8, 4) is 5.69 Å². The number of anilines is 1. The van der Waals surface area contributed by atoms with Gasteiger partial charge in [0.05, 0.1) is 11.4 Å². The van der Waals surface area contributed by atoms with Gasteiger partial charge in [-0.2, -0.15) is 5.10 Å². The fraction of sp³-hybridized carbons (Fsp3) is 0.308. The molecular formula is C13H14FN3. The number of fused-ring (bicyclic) bond motifs is 1. The Hall–Kier alpha value is -1.84. The van der Waals surface area contributed by atoms with Crippen molar-refractivity contribution in [3.05, 3.63) is 41.3 Å². The number of hydrogen-bond donors (Lipinski definition) is 1. The highest BCUT2D eigenvalue weighted by Gasteiger charge is 2.18. The molecule has 4 heteroatoms. The molecule has 0 aliphatic carbocycles. The molecule has 1 N–H and O–H groups in total. The molecule has 0 fully saturated rings. The van der Waals surface area contributed by atoms with Crippen LogP contribution >= 0.6 is 0 Å². The maximum Gasteiger partial charge on any atom is 0.133 e. The number of aryl methyl sites for hydroxylation is 1. The maximum absolute atomic E-state index is 13.2. The van der Waals surface area contributed by atoms with E-state index in [1.165, 1.54) is 17.7 Å². The maximum atomic E-state index is 13.2. The highest BCUT2D eigenvalue weighted by Crippen LogP contribution is 2.27. The van der Waals surface area contributed by atoms with Gasteiger partial charge in [0.25, 0.3) is 0 Å². The van der Waals surface area contributed by atoms with Crippen LogP contribution in [0, 0.1) is 12.7 Å². The molecule has 1 aromatic heterocycles. The zero-order valence-electron chi connectivity index (χ0n) is 9.70. The summed E-state index contributed by atoms with van der Waals surface area (Å²) in [6.45, 7) is 2.95. The zero-order chi connectivity index (χ0) is 11.8. The molecule has 0 amide bonds. The molecule has 1 aliphatic heterocycles. The summed E-state index contributed by atoms with van der Waals surface area (Å²) in [5.41, 5.74) is 3.04. The Bertz CT molecular complexity index is 560. The lowest BCUT2D eigenvalue weighted by Crippen LogP contribution is -2.14. The van der Waals surface area contributed by atoms with Gasteiger partial charge in [-0.3, -0.25) is 0 Å². The number of benzene rings is 1. The molecule has 3 nitrogen and oxygen atoms in total. The number of nitrogens with zero attached hydrogens (tertiary/aromatic N) is 2. The summed E-state index contributed by atoms with van der Waals surface area (Å²) < 4.78 is 15.0. The van der Waals surface area contributed by atoms with E-state index >= 15 is 0 Å². The second-order valence-corrected chi connectivity index (χ2v) is 4.33. The van der Waals surface area contributed by atoms with Crippen molar-refractivity contribution in [1.82, 2.24) is 9.78 Å². The summed E-state index contributed by atoms with van der Waals surface area (Å²) in [6.07, 6.45) is 2.17. The molecule has 0 saturated carbocycles. The third-order valence-corrected chi connectivity index (χ3v) is 3.13. The first-order valence-corrected chi connectivity index (χ1v) is 5.84. The predicted octanol–water partition coefficient (Wildman–Crippen LogP) is 2.68. The number of halogens is 1. The fourth-order valence-electron chi connectivity index (χ4n) is 2.31. The molecule has 2 heterocycles. The first kappa shape index (κ1) is 10.3. The van der Waals surface area contributed by atoms with Crippen LogP contribution in [0.4, 0.5) is 10.2 Å². The van der Waals surface area contributed by atoms with Gasteiger partial charge < -0.3 is 5.32 Å². The molecule has 1 aliphatic rings. The monoisotopic (exact) mass is 231 g/mol. The first-order chi connectivity index (χ1) is 8.25. The second-order valence-electron chi connectivity index (χ2n) is 4.33. The Labute approximate surface area is 99.3 Å². The SMILES string of the molecule is Cc1nn(-c2cccc(F)c2)c2c1CCCN2. The minimum Gasteiger partial charge on any atom is -0.370 e. The molecule has 0 atom stereocenters. The van der Waals surface area contributed by atoms with E-state index in [1.807, 2.05) is 13.0 Å². The van der Waals surface area contributed by atoms with Crippen molar-refractivity contribution in [1.29, 1.82) is 0 Å². The minimum atomic E-state index is -0.236. The quantitative estimate of drug-likeness (QED) is 0.817. The first-order valence-electron chi connectivity index (χ1n) is 5.84. The fourth-order valence-corrected chi connectivity index (χ4v) is 2.31. The molecule has 0 bridgehead atoms. The Kier molecular flexibility index (Phi) is 2.35. The standard InChI is InChI=1S/C13H14FN3/c1-9-12-6-3-7-15-13(12)17(16-9)11-5-2-4-10(14)8-11/h2,4-5,8,15H,3,6-7H2,1H3. The van der Waals surface area contributed by atoms with Crippen LogP contribution in [0.15, 0.2) is 24.3 Å². The lowest BCUT2D eigenvalue weighted by molar-refractivity contribution is 0.625. The van der Waals surface area contributed by atoms with Gasteiger partial charge in [-0.25, -0.2) is 9.07 Å². The van der Waals surface area contributed by atoms with E-state index in [9.17, 15) is 4.39 Å². The number of rotatable bonds is 1. The topological polar surface area (TPSA) is 29.9 Å². The van der Waals surface area contributed by atoms with Gasteiger partial charge in [-0.05, 0) is 38.0 Å². The third-order valence-electron chi connectivity index (χ3n) is 3.13. The van der Waals surface area contributed by atoms with Gasteiger partial charge >= 0.3 is 0 Å². The third kappa shape index (κ3) is 1.69. The van der Waals surface area contributed by atoms with Gasteiger partial charge in [0, 0.05) is 12.1 Å². The Balaban J connectivity index is 2.15. The van der Waals surface area contributed by atoms with E-state index in [-0.39, 0.29) is 5.82 Å². The summed E-state index contributed by atoms with van der Waals surface area (Å²) >= 11 is 0. The predicted molar refractivity (Wildman–Crippen MR) is 65.1 cm³/mol. The molecule has 3 rings (SSSR count). The van der Waals surface area contributed by atoms with Crippen molar-refractivity contribution < 1.29 is 4.39 Å². The highest BCUT2D eigenvalue weighted by atomic mass is 19.1. The summed E-state index contributed by atoms with van der Waals surface area (Å²) in [5.74, 6) is 0.777. The normalized spacial score (nSPS) is 14.2. The largest absolute Gasteiger partial charge is 0.370 e. The van der Waals surface area contributed by atoms with Gasteiger partial charge in [-0.1, -0.05) is 6.07 Å². The highest BCUT2D eigenvalue weighted by molar-refractivity contribution is 5.54. The van der Waals surface area contributed by atoms with Gasteiger partial charge in [0.2, 0.25) is 0 Å². The van der Waals surface area contributed by atoms with Gasteiger partial charge in [-0.15, -0.1) is 0 Å². The molecule has 88 valence electrons. The van der Waals surface area contributed by atoms with Crippen LogP contribution in [0.25, 0.3) is 5.69 Å². The zero-order valence-corrected chi connectivity index (χ0v) is 9.70. The molecule has 17 heavy (non-hydrogen) atoms. The van der Waals surface area contributed by atoms with E-state index in [0.29, 0.717) is 0 Å². The Morgan fingerprint density at radius 2 is 2.29 bits per heavy atom. The molecule has 0 saturated heterocycles. The Morgan fingerprint density at radius 3 is 3.12 bits per heavy atom. The van der Waals surface area contributed by atoms with Crippen LogP contribution in [0.2, 0.25) is 0 Å². The van der Waals surface area contributed by atoms with Crippen LogP contribution < -0.4 is 5.32 Å². The minimum absolute atomic E-state index is 0.236. The van der Waals surface area contributed by atoms with Crippen molar-refractivity contribution in [3.63, 3.8) is 0 Å². The molecular weight excluding hydrogens is 217 g/mol. The number of nitrogens with one attached hydrogen (secondary N) is 1. The van der Waals surface area contributed by atoms with Crippen molar-refractivity contribution in [2.75, 3.05) is 11.9 Å². The summed E-state index contributed by atoms with van der Waals surface area (Å²) in [6, 6.07) is 6.52. The van der Waals surface area contributed by atoms with E-state index in [2.05, 4.69) is 10.4 Å². The van der Waals surface area contributed by atoms with Crippen LogP contribution in [0.5, 0.6) is 0 Å². The number of hydrogen-bond acceptors (Lipinski definition) is 2. The number of aromatic nitrogens is 2. The Morgan fingerprint density at radius 1 is 1.41 bits per heavy atom. The lowest BCUT2D eigenvalue weighted by Gasteiger charge is -2.16. The van der Waals surface area contributed by atoms with E-state index in [4.69, 9.17) is 0 Å². The molecule has 1 aromatic carbocycles. The summed E-state index contributed by atoms with van der Waals surface area (Å²) in [5, 5.41) is 7.84. The van der Waals surface area contributed by atoms with Gasteiger partial charge in [0.15, 0.2) is 0 Å². The summed E-state index contributed by atoms with van der Waals surface area (Å²) in [4.78, 5) is 0. The van der Waals surface area contributed by atoms with Crippen molar-refractivity contribution in [2.45, 2.75) is 19.8 Å². The van der Waals surface area contributed by atoms with Crippen LogP contribution in [-0.2, 0) is 6.42 Å². The lowest BCUT2D eigenvalue weighted by atomic mass is 10.1. The average molecular weight is 231 g/mol. The summed E-state index contributed by atoms with van der Waals surface area (Å²) in [7, 11) is 0. The van der Waals surface area contributed by atoms with Crippen LogP contribution in [0.1, 0.15) is 17.7 Å². The molecule has 0 radical (unpaired) electrons. The molecule has 0 spiro atoms. The van der Waals surface area contributed by atoms with Crippen molar-refractivity contribution in [2.24, 2.45) is 0 Å². The van der Waals surface area contributed by atoms with Crippen LogP contribution in [0.3, 0.4) is 0 Å². The second kappa shape index (κ2) is 3.87. The van der Waals surface area contributed by atoms with Crippen molar-refractivity contribution >= 4 is 5.82 Å². The van der Waals surface area contributed by atoms with Gasteiger partial charge in [0.1, 0.15) is 11.6 Å². The van der Waals surface area contributed by atoms with E-state index < -0.39 is 0 Å². The smallest absolute Gasteiger partial charge is 0.133 e. The van der Waals surface area contributed by atoms with Crippen LogP contribution in [-0.4, -0.2) is 16.3 Å². The average Bonchev–Trinajstić information content (AvgIpc) is 2.68.